The van der Waals surface area contributed by atoms with Crippen LogP contribution in [0, 0.1) is 5.82 Å². The molecule has 0 spiro atoms. The van der Waals surface area contributed by atoms with E-state index in [4.69, 9.17) is 20.2 Å². The number of halogens is 2. The molecule has 0 unspecified atom stereocenters. The zero-order valence-electron chi connectivity index (χ0n) is 8.07. The first-order valence-corrected chi connectivity index (χ1v) is 6.94. The lowest BCUT2D eigenvalue weighted by molar-refractivity contribution is 0.164. The molecule has 0 aliphatic carbocycles. The van der Waals surface area contributed by atoms with Crippen molar-refractivity contribution >= 4 is 19.7 Å². The Balaban J connectivity index is 2.39. The van der Waals surface area contributed by atoms with E-state index >= 15 is 0 Å². The van der Waals surface area contributed by atoms with E-state index in [-0.39, 0.29) is 23.7 Å². The molecule has 4 nitrogen and oxygen atoms in total. The minimum Gasteiger partial charge on any atom is -0.486 e. The van der Waals surface area contributed by atoms with Gasteiger partial charge in [-0.25, -0.2) is 12.8 Å². The van der Waals surface area contributed by atoms with Crippen molar-refractivity contribution in [2.45, 2.75) is 5.75 Å². The van der Waals surface area contributed by atoms with E-state index in [0.29, 0.717) is 6.61 Å². The van der Waals surface area contributed by atoms with Gasteiger partial charge in [0, 0.05) is 10.7 Å². The Hall–Kier alpha value is -1.01. The largest absolute Gasteiger partial charge is 0.486 e. The van der Waals surface area contributed by atoms with Gasteiger partial charge >= 0.3 is 0 Å². The van der Waals surface area contributed by atoms with E-state index in [1.165, 1.54) is 6.07 Å². The highest BCUT2D eigenvalue weighted by molar-refractivity contribution is 8.13. The summed E-state index contributed by atoms with van der Waals surface area (Å²) in [6.07, 6.45) is 0. The maximum Gasteiger partial charge on any atom is 0.236 e. The molecule has 1 aliphatic rings. The minimum atomic E-state index is -3.71. The highest BCUT2D eigenvalue weighted by atomic mass is 35.7. The molecule has 2 rings (SSSR count). The Labute approximate surface area is 96.3 Å². The molecule has 0 atom stereocenters. The first-order chi connectivity index (χ1) is 7.46. The van der Waals surface area contributed by atoms with E-state index in [2.05, 4.69) is 0 Å². The molecule has 1 aromatic rings. The number of ether oxygens (including phenoxy) is 2. The summed E-state index contributed by atoms with van der Waals surface area (Å²) in [6, 6.07) is 2.49. The van der Waals surface area contributed by atoms with Gasteiger partial charge in [0.2, 0.25) is 9.05 Å². The van der Waals surface area contributed by atoms with Crippen LogP contribution in [0.3, 0.4) is 0 Å². The van der Waals surface area contributed by atoms with Crippen LogP contribution in [0.15, 0.2) is 12.1 Å². The number of benzene rings is 1. The molecule has 16 heavy (non-hydrogen) atoms. The maximum absolute atomic E-state index is 13.5. The second-order valence-electron chi connectivity index (χ2n) is 3.29. The monoisotopic (exact) mass is 266 g/mol. The van der Waals surface area contributed by atoms with Crippen molar-refractivity contribution in [3.8, 4) is 11.5 Å². The highest BCUT2D eigenvalue weighted by Crippen LogP contribution is 2.34. The Morgan fingerprint density at radius 3 is 2.69 bits per heavy atom. The van der Waals surface area contributed by atoms with E-state index in [9.17, 15) is 12.8 Å². The van der Waals surface area contributed by atoms with Crippen LogP contribution in [-0.2, 0) is 14.8 Å². The second-order valence-corrected chi connectivity index (χ2v) is 6.06. The van der Waals surface area contributed by atoms with Crippen molar-refractivity contribution in [2.24, 2.45) is 0 Å². The summed E-state index contributed by atoms with van der Waals surface area (Å²) < 4.78 is 45.4. The third-order valence-corrected chi connectivity index (χ3v) is 3.00. The average molecular weight is 267 g/mol. The van der Waals surface area contributed by atoms with Crippen LogP contribution in [0.4, 0.5) is 4.39 Å². The second kappa shape index (κ2) is 4.10. The molecule has 1 heterocycles. The minimum absolute atomic E-state index is 0.0157. The fraction of sp³-hybridized carbons (Fsp3) is 0.333. The molecule has 1 aliphatic heterocycles. The molecule has 0 saturated heterocycles. The molecule has 1 aromatic carbocycles. The third-order valence-electron chi connectivity index (χ3n) is 2.00. The smallest absolute Gasteiger partial charge is 0.236 e. The van der Waals surface area contributed by atoms with Gasteiger partial charge in [-0.1, -0.05) is 0 Å². The summed E-state index contributed by atoms with van der Waals surface area (Å²) in [7, 11) is 1.37. The molecule has 0 fully saturated rings. The number of fused-ring (bicyclic) bond motifs is 1. The van der Waals surface area contributed by atoms with Crippen LogP contribution in [0.2, 0.25) is 0 Å². The SMILES string of the molecule is O=S(=O)(Cl)Cc1cc(F)c2c(c1)OCCO2. The van der Waals surface area contributed by atoms with Gasteiger partial charge < -0.3 is 9.47 Å². The Morgan fingerprint density at radius 2 is 2.00 bits per heavy atom. The topological polar surface area (TPSA) is 52.6 Å². The molecule has 88 valence electrons. The van der Waals surface area contributed by atoms with Crippen LogP contribution >= 0.6 is 10.7 Å². The predicted molar refractivity (Wildman–Crippen MR) is 55.9 cm³/mol. The third kappa shape index (κ3) is 2.56. The quantitative estimate of drug-likeness (QED) is 0.764. The van der Waals surface area contributed by atoms with Gasteiger partial charge in [0.15, 0.2) is 17.3 Å². The summed E-state index contributed by atoms with van der Waals surface area (Å²) in [4.78, 5) is 0. The highest BCUT2D eigenvalue weighted by Gasteiger charge is 2.19. The van der Waals surface area contributed by atoms with Crippen molar-refractivity contribution in [3.63, 3.8) is 0 Å². The molecule has 0 saturated carbocycles. The van der Waals surface area contributed by atoms with Crippen molar-refractivity contribution in [3.05, 3.63) is 23.5 Å². The van der Waals surface area contributed by atoms with Crippen LogP contribution in [0.5, 0.6) is 11.5 Å². The molecule has 0 amide bonds. The van der Waals surface area contributed by atoms with Crippen LogP contribution in [-0.4, -0.2) is 21.6 Å². The lowest BCUT2D eigenvalue weighted by Crippen LogP contribution is -2.16. The first-order valence-electron chi connectivity index (χ1n) is 4.46. The van der Waals surface area contributed by atoms with E-state index in [1.54, 1.807) is 0 Å². The van der Waals surface area contributed by atoms with Crippen molar-refractivity contribution in [1.82, 2.24) is 0 Å². The fourth-order valence-corrected chi connectivity index (χ4v) is 2.39. The van der Waals surface area contributed by atoms with E-state index in [1.807, 2.05) is 0 Å². The van der Waals surface area contributed by atoms with Gasteiger partial charge in [0.1, 0.15) is 13.2 Å². The van der Waals surface area contributed by atoms with Gasteiger partial charge in [0.25, 0.3) is 0 Å². The zero-order valence-corrected chi connectivity index (χ0v) is 9.65. The Morgan fingerprint density at radius 1 is 1.31 bits per heavy atom. The average Bonchev–Trinajstić information content (AvgIpc) is 2.15. The summed E-state index contributed by atoms with van der Waals surface area (Å²) in [5.74, 6) is -0.863. The molecular weight excluding hydrogens is 259 g/mol. The number of hydrogen-bond acceptors (Lipinski definition) is 4. The van der Waals surface area contributed by atoms with Crippen molar-refractivity contribution in [2.75, 3.05) is 13.2 Å². The molecule has 0 aromatic heterocycles. The predicted octanol–water partition coefficient (Wildman–Crippen LogP) is 1.67. The first kappa shape index (κ1) is 11.5. The summed E-state index contributed by atoms with van der Waals surface area (Å²) >= 11 is 0. The van der Waals surface area contributed by atoms with E-state index in [0.717, 1.165) is 6.07 Å². The fourth-order valence-electron chi connectivity index (χ4n) is 1.45. The molecule has 0 radical (unpaired) electrons. The maximum atomic E-state index is 13.5. The van der Waals surface area contributed by atoms with Gasteiger partial charge in [-0.15, -0.1) is 0 Å². The van der Waals surface area contributed by atoms with Crippen molar-refractivity contribution < 1.29 is 22.3 Å². The molecule has 0 bridgehead atoms. The van der Waals surface area contributed by atoms with Gasteiger partial charge in [-0.2, -0.15) is 0 Å². The molecule has 7 heteroatoms. The van der Waals surface area contributed by atoms with Gasteiger partial charge in [-0.05, 0) is 17.7 Å². The van der Waals surface area contributed by atoms with E-state index < -0.39 is 20.6 Å². The number of rotatable bonds is 2. The van der Waals surface area contributed by atoms with Gasteiger partial charge in [0.05, 0.1) is 5.75 Å². The summed E-state index contributed by atoms with van der Waals surface area (Å²) in [5, 5.41) is 0. The lowest BCUT2D eigenvalue weighted by Gasteiger charge is -2.19. The van der Waals surface area contributed by atoms with Crippen LogP contribution in [0.1, 0.15) is 5.56 Å². The zero-order chi connectivity index (χ0) is 11.8. The van der Waals surface area contributed by atoms with Crippen molar-refractivity contribution in [1.29, 1.82) is 0 Å². The number of hydrogen-bond donors (Lipinski definition) is 0. The summed E-state index contributed by atoms with van der Waals surface area (Å²) in [6.45, 7) is 0.584. The Bertz CT molecular complexity index is 514. The summed E-state index contributed by atoms with van der Waals surface area (Å²) in [5.41, 5.74) is 0.233. The van der Waals surface area contributed by atoms with Gasteiger partial charge in [-0.3, -0.25) is 0 Å². The molecule has 0 N–H and O–H groups in total. The standard InChI is InChI=1S/C9H8ClFO4S/c10-16(12,13)5-6-3-7(11)9-8(4-6)14-1-2-15-9/h3-4H,1-2,5H2. The molecular formula is C9H8ClFO4S. The normalized spacial score (nSPS) is 14.9. The van der Waals surface area contributed by atoms with Crippen LogP contribution < -0.4 is 9.47 Å². The Kier molecular flexibility index (Phi) is 2.94. The lowest BCUT2D eigenvalue weighted by atomic mass is 10.2. The van der Waals surface area contributed by atoms with Crippen LogP contribution in [0.25, 0.3) is 0 Å².